The number of benzene rings is 1. The molecular weight excluding hydrogens is 257 g/mol. The Hall–Kier alpha value is -2.17. The van der Waals surface area contributed by atoms with Crippen LogP contribution in [0.3, 0.4) is 0 Å². The van der Waals surface area contributed by atoms with E-state index in [1.54, 1.807) is 12.1 Å². The second-order valence-electron chi connectivity index (χ2n) is 5.74. The highest BCUT2D eigenvalue weighted by Crippen LogP contribution is 2.27. The third-order valence-corrected chi connectivity index (χ3v) is 2.69. The first-order chi connectivity index (χ1) is 9.25. The van der Waals surface area contributed by atoms with Gasteiger partial charge < -0.3 is 10.5 Å². The molecule has 4 nitrogen and oxygen atoms in total. The van der Waals surface area contributed by atoms with Gasteiger partial charge in [-0.1, -0.05) is 26.8 Å². The zero-order valence-corrected chi connectivity index (χ0v) is 12.1. The van der Waals surface area contributed by atoms with Crippen molar-refractivity contribution in [2.75, 3.05) is 5.73 Å². The lowest BCUT2D eigenvalue weighted by Crippen LogP contribution is -2.17. The van der Waals surface area contributed by atoms with E-state index in [2.05, 4.69) is 9.97 Å². The molecule has 0 radical (unpaired) electrons. The number of aryl methyl sites for hydroxylation is 1. The van der Waals surface area contributed by atoms with Crippen molar-refractivity contribution < 1.29 is 9.13 Å². The molecule has 5 heteroatoms. The van der Waals surface area contributed by atoms with Gasteiger partial charge in [0.1, 0.15) is 11.6 Å². The minimum atomic E-state index is -0.440. The molecule has 20 heavy (non-hydrogen) atoms. The van der Waals surface area contributed by atoms with Crippen LogP contribution in [-0.4, -0.2) is 9.97 Å². The fraction of sp³-hybridized carbons (Fsp3) is 0.333. The zero-order chi connectivity index (χ0) is 14.9. The topological polar surface area (TPSA) is 61.0 Å². The van der Waals surface area contributed by atoms with Crippen molar-refractivity contribution >= 4 is 5.82 Å². The average molecular weight is 275 g/mol. The molecule has 106 valence electrons. The predicted octanol–water partition coefficient (Wildman–Crippen LogP) is 3.60. The summed E-state index contributed by atoms with van der Waals surface area (Å²) >= 11 is 0. The molecule has 2 rings (SSSR count). The quantitative estimate of drug-likeness (QED) is 0.909. The van der Waals surface area contributed by atoms with Gasteiger partial charge in [0, 0.05) is 11.5 Å². The Kier molecular flexibility index (Phi) is 3.61. The van der Waals surface area contributed by atoms with Crippen LogP contribution in [0.4, 0.5) is 10.2 Å². The molecule has 1 aromatic carbocycles. The summed E-state index contributed by atoms with van der Waals surface area (Å²) in [5.41, 5.74) is 6.39. The third-order valence-electron chi connectivity index (χ3n) is 2.69. The molecule has 0 aliphatic rings. The number of nitrogens with zero attached hydrogens (tertiary/aromatic N) is 2. The summed E-state index contributed by atoms with van der Waals surface area (Å²) in [4.78, 5) is 8.47. The normalized spacial score (nSPS) is 11.4. The van der Waals surface area contributed by atoms with Crippen molar-refractivity contribution in [2.24, 2.45) is 0 Å². The molecule has 0 saturated carbocycles. The van der Waals surface area contributed by atoms with E-state index in [-0.39, 0.29) is 17.0 Å². The SMILES string of the molecule is Cc1ccc(F)c(Oc2cc(N)nc(C(C)(C)C)n2)c1. The van der Waals surface area contributed by atoms with Gasteiger partial charge in [-0.15, -0.1) is 0 Å². The van der Waals surface area contributed by atoms with E-state index in [9.17, 15) is 4.39 Å². The Morgan fingerprint density at radius 3 is 2.50 bits per heavy atom. The highest BCUT2D eigenvalue weighted by Gasteiger charge is 2.19. The second-order valence-corrected chi connectivity index (χ2v) is 5.74. The molecule has 2 N–H and O–H groups in total. The van der Waals surface area contributed by atoms with Crippen LogP contribution < -0.4 is 10.5 Å². The van der Waals surface area contributed by atoms with Crippen molar-refractivity contribution in [2.45, 2.75) is 33.1 Å². The van der Waals surface area contributed by atoms with E-state index in [1.165, 1.54) is 12.1 Å². The number of ether oxygens (including phenoxy) is 1. The third kappa shape index (κ3) is 3.23. The number of nitrogen functional groups attached to an aromatic ring is 1. The summed E-state index contributed by atoms with van der Waals surface area (Å²) < 4.78 is 19.2. The summed E-state index contributed by atoms with van der Waals surface area (Å²) in [5, 5.41) is 0. The Labute approximate surface area is 117 Å². The average Bonchev–Trinajstić information content (AvgIpc) is 2.32. The molecule has 0 atom stereocenters. The largest absolute Gasteiger partial charge is 0.436 e. The van der Waals surface area contributed by atoms with E-state index < -0.39 is 5.82 Å². The maximum absolute atomic E-state index is 13.7. The maximum Gasteiger partial charge on any atom is 0.224 e. The van der Waals surface area contributed by atoms with Gasteiger partial charge in [0.05, 0.1) is 0 Å². The number of anilines is 1. The molecule has 0 amide bonds. The Morgan fingerprint density at radius 2 is 1.85 bits per heavy atom. The molecule has 0 bridgehead atoms. The van der Waals surface area contributed by atoms with Gasteiger partial charge in [0.2, 0.25) is 5.88 Å². The molecular formula is C15H18FN3O. The molecule has 1 heterocycles. The highest BCUT2D eigenvalue weighted by atomic mass is 19.1. The smallest absolute Gasteiger partial charge is 0.224 e. The number of rotatable bonds is 2. The van der Waals surface area contributed by atoms with Gasteiger partial charge in [0.25, 0.3) is 0 Å². The second kappa shape index (κ2) is 5.07. The van der Waals surface area contributed by atoms with Gasteiger partial charge in [-0.25, -0.2) is 9.37 Å². The fourth-order valence-corrected chi connectivity index (χ4v) is 1.63. The Bertz CT molecular complexity index is 636. The molecule has 0 aliphatic heterocycles. The zero-order valence-electron chi connectivity index (χ0n) is 12.1. The molecule has 2 aromatic rings. The van der Waals surface area contributed by atoms with E-state index in [4.69, 9.17) is 10.5 Å². The molecule has 0 fully saturated rings. The number of aromatic nitrogens is 2. The van der Waals surface area contributed by atoms with Crippen LogP contribution in [0.25, 0.3) is 0 Å². The summed E-state index contributed by atoms with van der Waals surface area (Å²) in [6.45, 7) is 7.78. The van der Waals surface area contributed by atoms with Crippen molar-refractivity contribution in [1.82, 2.24) is 9.97 Å². The minimum absolute atomic E-state index is 0.128. The lowest BCUT2D eigenvalue weighted by Gasteiger charge is -2.17. The van der Waals surface area contributed by atoms with Gasteiger partial charge in [0.15, 0.2) is 11.6 Å². The van der Waals surface area contributed by atoms with E-state index in [0.29, 0.717) is 11.6 Å². The summed E-state index contributed by atoms with van der Waals surface area (Å²) in [5.74, 6) is 0.786. The van der Waals surface area contributed by atoms with Crippen LogP contribution in [0.2, 0.25) is 0 Å². The van der Waals surface area contributed by atoms with E-state index in [0.717, 1.165) is 5.56 Å². The van der Waals surface area contributed by atoms with Crippen LogP contribution in [-0.2, 0) is 5.41 Å². The number of hydrogen-bond acceptors (Lipinski definition) is 4. The summed E-state index contributed by atoms with van der Waals surface area (Å²) in [6, 6.07) is 6.14. The first-order valence-electron chi connectivity index (χ1n) is 6.35. The Balaban J connectivity index is 2.39. The van der Waals surface area contributed by atoms with E-state index >= 15 is 0 Å². The lowest BCUT2D eigenvalue weighted by atomic mass is 9.96. The minimum Gasteiger partial charge on any atom is -0.436 e. The number of hydrogen-bond donors (Lipinski definition) is 1. The lowest BCUT2D eigenvalue weighted by molar-refractivity contribution is 0.417. The molecule has 0 aliphatic carbocycles. The standard InChI is InChI=1S/C15H18FN3O/c1-9-5-6-10(16)11(7-9)20-13-8-12(17)18-14(19-13)15(2,3)4/h5-8H,1-4H3,(H2,17,18,19). The van der Waals surface area contributed by atoms with Crippen molar-refractivity contribution in [1.29, 1.82) is 0 Å². The first-order valence-corrected chi connectivity index (χ1v) is 6.35. The van der Waals surface area contributed by atoms with Crippen LogP contribution in [0.15, 0.2) is 24.3 Å². The highest BCUT2D eigenvalue weighted by molar-refractivity contribution is 5.38. The summed E-state index contributed by atoms with van der Waals surface area (Å²) in [6.07, 6.45) is 0. The molecule has 0 saturated heterocycles. The Morgan fingerprint density at radius 1 is 1.15 bits per heavy atom. The predicted molar refractivity (Wildman–Crippen MR) is 76.4 cm³/mol. The molecule has 0 unspecified atom stereocenters. The number of nitrogens with two attached hydrogens (primary N) is 1. The van der Waals surface area contributed by atoms with Crippen LogP contribution in [0, 0.1) is 12.7 Å². The molecule has 0 spiro atoms. The molecule has 1 aromatic heterocycles. The monoisotopic (exact) mass is 275 g/mol. The van der Waals surface area contributed by atoms with E-state index in [1.807, 2.05) is 27.7 Å². The number of halogens is 1. The van der Waals surface area contributed by atoms with Gasteiger partial charge >= 0.3 is 0 Å². The van der Waals surface area contributed by atoms with Crippen LogP contribution >= 0.6 is 0 Å². The van der Waals surface area contributed by atoms with Crippen LogP contribution in [0.5, 0.6) is 11.6 Å². The van der Waals surface area contributed by atoms with Gasteiger partial charge in [-0.2, -0.15) is 4.98 Å². The van der Waals surface area contributed by atoms with Crippen molar-refractivity contribution in [3.05, 3.63) is 41.5 Å². The maximum atomic E-state index is 13.7. The van der Waals surface area contributed by atoms with Crippen LogP contribution in [0.1, 0.15) is 32.2 Å². The van der Waals surface area contributed by atoms with Gasteiger partial charge in [-0.05, 0) is 24.6 Å². The fourth-order valence-electron chi connectivity index (χ4n) is 1.63. The van der Waals surface area contributed by atoms with Crippen molar-refractivity contribution in [3.8, 4) is 11.6 Å². The first kappa shape index (κ1) is 14.2. The van der Waals surface area contributed by atoms with Crippen molar-refractivity contribution in [3.63, 3.8) is 0 Å². The van der Waals surface area contributed by atoms with Gasteiger partial charge in [-0.3, -0.25) is 0 Å². The summed E-state index contributed by atoms with van der Waals surface area (Å²) in [7, 11) is 0.